The third-order valence-corrected chi connectivity index (χ3v) is 3.83. The number of nitrogens with zero attached hydrogens (tertiary/aromatic N) is 1. The second kappa shape index (κ2) is 6.62. The van der Waals surface area contributed by atoms with Crippen LogP contribution in [0.2, 0.25) is 0 Å². The minimum atomic E-state index is -0.558. The number of anilines is 2. The molecule has 6 heteroatoms. The monoisotopic (exact) mass is 325 g/mol. The van der Waals surface area contributed by atoms with E-state index in [1.807, 2.05) is 12.1 Å². The summed E-state index contributed by atoms with van der Waals surface area (Å²) in [6, 6.07) is 13.7. The maximum absolute atomic E-state index is 11.9. The van der Waals surface area contributed by atoms with Crippen molar-refractivity contribution in [2.45, 2.75) is 13.5 Å². The summed E-state index contributed by atoms with van der Waals surface area (Å²) >= 11 is 0. The van der Waals surface area contributed by atoms with Crippen LogP contribution in [-0.4, -0.2) is 25.0 Å². The Morgan fingerprint density at radius 3 is 2.71 bits per heavy atom. The fourth-order valence-corrected chi connectivity index (χ4v) is 2.55. The quantitative estimate of drug-likeness (QED) is 0.878. The Kier molecular flexibility index (Phi) is 4.37. The highest BCUT2D eigenvalue weighted by Gasteiger charge is 2.26. The van der Waals surface area contributed by atoms with Crippen molar-refractivity contribution in [3.05, 3.63) is 53.6 Å². The van der Waals surface area contributed by atoms with Gasteiger partial charge in [0, 0.05) is 18.3 Å². The summed E-state index contributed by atoms with van der Waals surface area (Å²) in [4.78, 5) is 24.4. The average Bonchev–Trinajstić information content (AvgIpc) is 2.56. The number of hydrogen-bond acceptors (Lipinski definition) is 4. The van der Waals surface area contributed by atoms with Crippen LogP contribution >= 0.6 is 0 Å². The summed E-state index contributed by atoms with van der Waals surface area (Å²) in [7, 11) is 0. The number of nitrogens with two attached hydrogens (primary N) is 1. The number of rotatable bonds is 5. The van der Waals surface area contributed by atoms with Crippen molar-refractivity contribution in [2.75, 3.05) is 23.4 Å². The van der Waals surface area contributed by atoms with Gasteiger partial charge in [0.25, 0.3) is 5.91 Å². The van der Waals surface area contributed by atoms with Crippen LogP contribution in [0.1, 0.15) is 11.1 Å². The molecule has 0 aromatic heterocycles. The highest BCUT2D eigenvalue weighted by Crippen LogP contribution is 2.34. The number of hydrogen-bond donors (Lipinski definition) is 2. The first kappa shape index (κ1) is 15.9. The Hall–Kier alpha value is -3.02. The van der Waals surface area contributed by atoms with Gasteiger partial charge in [0.2, 0.25) is 5.91 Å². The lowest BCUT2D eigenvalue weighted by Gasteiger charge is -2.28. The molecule has 1 aliphatic heterocycles. The number of primary amides is 1. The standard InChI is InChI=1S/C18H19N3O3/c1-12-2-4-13(5-3-12)9-20-14-6-7-15-16(8-14)24-11-18(23)21(15)10-17(19)22/h2-8,20H,9-11H2,1H3,(H2,19,22). The van der Waals surface area contributed by atoms with Crippen molar-refractivity contribution in [2.24, 2.45) is 5.73 Å². The van der Waals surface area contributed by atoms with Gasteiger partial charge in [-0.05, 0) is 24.6 Å². The molecule has 6 nitrogen and oxygen atoms in total. The second-order valence-corrected chi connectivity index (χ2v) is 5.76. The lowest BCUT2D eigenvalue weighted by Crippen LogP contribution is -2.43. The average molecular weight is 325 g/mol. The summed E-state index contributed by atoms with van der Waals surface area (Å²) in [6.07, 6.45) is 0. The zero-order valence-electron chi connectivity index (χ0n) is 13.4. The summed E-state index contributed by atoms with van der Waals surface area (Å²) in [5.41, 5.74) is 9.04. The van der Waals surface area contributed by atoms with Gasteiger partial charge in [-0.2, -0.15) is 0 Å². The molecular weight excluding hydrogens is 306 g/mol. The fraction of sp³-hybridized carbons (Fsp3) is 0.222. The molecule has 3 rings (SSSR count). The van der Waals surface area contributed by atoms with Gasteiger partial charge in [-0.15, -0.1) is 0 Å². The highest BCUT2D eigenvalue weighted by molar-refractivity contribution is 6.02. The second-order valence-electron chi connectivity index (χ2n) is 5.76. The molecular formula is C18H19N3O3. The number of aryl methyl sites for hydroxylation is 1. The van der Waals surface area contributed by atoms with Crippen molar-refractivity contribution in [3.63, 3.8) is 0 Å². The first-order valence-electron chi connectivity index (χ1n) is 7.68. The van der Waals surface area contributed by atoms with Crippen molar-refractivity contribution < 1.29 is 14.3 Å². The molecule has 124 valence electrons. The van der Waals surface area contributed by atoms with Crippen LogP contribution < -0.4 is 20.7 Å². The molecule has 0 saturated heterocycles. The van der Waals surface area contributed by atoms with E-state index in [1.165, 1.54) is 16.0 Å². The SMILES string of the molecule is Cc1ccc(CNc2ccc3c(c2)OCC(=O)N3CC(N)=O)cc1. The molecule has 0 spiro atoms. The number of carbonyl (C=O) groups is 2. The molecule has 0 radical (unpaired) electrons. The van der Waals surface area contributed by atoms with E-state index in [4.69, 9.17) is 10.5 Å². The molecule has 1 aliphatic rings. The van der Waals surface area contributed by atoms with E-state index >= 15 is 0 Å². The van der Waals surface area contributed by atoms with Crippen LogP contribution in [0.5, 0.6) is 5.75 Å². The van der Waals surface area contributed by atoms with Gasteiger partial charge in [0.1, 0.15) is 12.3 Å². The van der Waals surface area contributed by atoms with E-state index in [0.29, 0.717) is 18.0 Å². The number of fused-ring (bicyclic) bond motifs is 1. The van der Waals surface area contributed by atoms with Crippen LogP contribution in [0.3, 0.4) is 0 Å². The number of benzene rings is 2. The molecule has 2 amide bonds. The van der Waals surface area contributed by atoms with Gasteiger partial charge in [0.05, 0.1) is 5.69 Å². The maximum Gasteiger partial charge on any atom is 0.265 e. The van der Waals surface area contributed by atoms with Crippen LogP contribution in [-0.2, 0) is 16.1 Å². The third-order valence-electron chi connectivity index (χ3n) is 3.83. The normalized spacial score (nSPS) is 13.2. The summed E-state index contributed by atoms with van der Waals surface area (Å²) in [6.45, 7) is 2.49. The van der Waals surface area contributed by atoms with Gasteiger partial charge < -0.3 is 15.8 Å². The Morgan fingerprint density at radius 1 is 1.25 bits per heavy atom. The molecule has 0 bridgehead atoms. The molecule has 1 heterocycles. The summed E-state index contributed by atoms with van der Waals surface area (Å²) in [5.74, 6) is -0.274. The number of amides is 2. The van der Waals surface area contributed by atoms with Crippen LogP contribution in [0.25, 0.3) is 0 Å². The topological polar surface area (TPSA) is 84.7 Å². The predicted molar refractivity (Wildman–Crippen MR) is 92.0 cm³/mol. The number of ether oxygens (including phenoxy) is 1. The van der Waals surface area contributed by atoms with Crippen molar-refractivity contribution in [1.29, 1.82) is 0 Å². The zero-order valence-corrected chi connectivity index (χ0v) is 13.4. The predicted octanol–water partition coefficient (Wildman–Crippen LogP) is 1.82. The van der Waals surface area contributed by atoms with Crippen molar-refractivity contribution in [3.8, 4) is 5.75 Å². The van der Waals surface area contributed by atoms with E-state index in [-0.39, 0.29) is 19.1 Å². The molecule has 24 heavy (non-hydrogen) atoms. The van der Waals surface area contributed by atoms with E-state index in [9.17, 15) is 9.59 Å². The molecule has 0 fully saturated rings. The lowest BCUT2D eigenvalue weighted by atomic mass is 10.1. The Bertz CT molecular complexity index is 772. The highest BCUT2D eigenvalue weighted by atomic mass is 16.5. The Balaban J connectivity index is 1.74. The summed E-state index contributed by atoms with van der Waals surface area (Å²) < 4.78 is 5.47. The van der Waals surface area contributed by atoms with Crippen LogP contribution in [0, 0.1) is 6.92 Å². The molecule has 0 saturated carbocycles. The molecule has 2 aromatic carbocycles. The van der Waals surface area contributed by atoms with Gasteiger partial charge in [-0.1, -0.05) is 29.8 Å². The fourth-order valence-electron chi connectivity index (χ4n) is 2.55. The van der Waals surface area contributed by atoms with Gasteiger partial charge >= 0.3 is 0 Å². The van der Waals surface area contributed by atoms with E-state index in [1.54, 1.807) is 6.07 Å². The Morgan fingerprint density at radius 2 is 2.00 bits per heavy atom. The van der Waals surface area contributed by atoms with Crippen molar-refractivity contribution in [1.82, 2.24) is 0 Å². The minimum Gasteiger partial charge on any atom is -0.481 e. The third kappa shape index (κ3) is 3.48. The molecule has 3 N–H and O–H groups in total. The first-order chi connectivity index (χ1) is 11.5. The summed E-state index contributed by atoms with van der Waals surface area (Å²) in [5, 5.41) is 3.32. The van der Waals surface area contributed by atoms with Gasteiger partial charge in [-0.25, -0.2) is 0 Å². The largest absolute Gasteiger partial charge is 0.481 e. The first-order valence-corrected chi connectivity index (χ1v) is 7.68. The van der Waals surface area contributed by atoms with Gasteiger partial charge in [-0.3, -0.25) is 14.5 Å². The van der Waals surface area contributed by atoms with E-state index in [2.05, 4.69) is 36.5 Å². The number of carbonyl (C=O) groups excluding carboxylic acids is 2. The molecule has 0 atom stereocenters. The minimum absolute atomic E-state index is 0.0955. The van der Waals surface area contributed by atoms with Gasteiger partial charge in [0.15, 0.2) is 6.61 Å². The zero-order chi connectivity index (χ0) is 17.1. The lowest BCUT2D eigenvalue weighted by molar-refractivity contribution is -0.124. The van der Waals surface area contributed by atoms with Crippen LogP contribution in [0.4, 0.5) is 11.4 Å². The maximum atomic E-state index is 11.9. The smallest absolute Gasteiger partial charge is 0.265 e. The van der Waals surface area contributed by atoms with Crippen LogP contribution in [0.15, 0.2) is 42.5 Å². The number of nitrogens with one attached hydrogen (secondary N) is 1. The van der Waals surface area contributed by atoms with E-state index < -0.39 is 5.91 Å². The van der Waals surface area contributed by atoms with E-state index in [0.717, 1.165) is 5.69 Å². The Labute approximate surface area is 140 Å². The molecule has 2 aromatic rings. The van der Waals surface area contributed by atoms with Crippen molar-refractivity contribution >= 4 is 23.2 Å². The molecule has 0 unspecified atom stereocenters. The molecule has 0 aliphatic carbocycles.